The van der Waals surface area contributed by atoms with Gasteiger partial charge >= 0.3 is 0 Å². The second kappa shape index (κ2) is 8.12. The van der Waals surface area contributed by atoms with Gasteiger partial charge in [-0.1, -0.05) is 6.07 Å². The first-order valence-corrected chi connectivity index (χ1v) is 9.65. The van der Waals surface area contributed by atoms with Crippen LogP contribution in [-0.4, -0.2) is 56.3 Å². The smallest absolute Gasteiger partial charge is 0.263 e. The van der Waals surface area contributed by atoms with Gasteiger partial charge in [0.25, 0.3) is 5.91 Å². The first-order chi connectivity index (χ1) is 14.1. The van der Waals surface area contributed by atoms with Gasteiger partial charge in [-0.25, -0.2) is 19.0 Å². The van der Waals surface area contributed by atoms with E-state index in [2.05, 4.69) is 15.1 Å². The highest BCUT2D eigenvalue weighted by Crippen LogP contribution is 2.30. The summed E-state index contributed by atoms with van der Waals surface area (Å²) < 4.78 is 20.7. The lowest BCUT2D eigenvalue weighted by atomic mass is 10.0. The Bertz CT molecular complexity index is 1020. The van der Waals surface area contributed by atoms with Gasteiger partial charge in [-0.15, -0.1) is 0 Å². The van der Waals surface area contributed by atoms with Crippen molar-refractivity contribution in [2.24, 2.45) is 5.73 Å². The molecule has 0 unspecified atom stereocenters. The average molecular weight is 398 g/mol. The van der Waals surface area contributed by atoms with Crippen molar-refractivity contribution in [1.82, 2.24) is 24.6 Å². The molecule has 1 fully saturated rings. The molecule has 0 spiro atoms. The van der Waals surface area contributed by atoms with Crippen LogP contribution in [0.4, 0.5) is 4.39 Å². The quantitative estimate of drug-likeness (QED) is 0.679. The molecular formula is C20H23FN6O2. The van der Waals surface area contributed by atoms with E-state index in [9.17, 15) is 9.18 Å². The van der Waals surface area contributed by atoms with Crippen molar-refractivity contribution in [3.8, 4) is 5.75 Å². The molecule has 2 N–H and O–H groups in total. The van der Waals surface area contributed by atoms with Gasteiger partial charge < -0.3 is 15.4 Å². The molecular weight excluding hydrogens is 375 g/mol. The van der Waals surface area contributed by atoms with Gasteiger partial charge in [-0.2, -0.15) is 5.10 Å². The molecule has 9 heteroatoms. The van der Waals surface area contributed by atoms with Gasteiger partial charge in [0.05, 0.1) is 12.2 Å². The molecule has 2 atom stereocenters. The third kappa shape index (κ3) is 3.91. The van der Waals surface area contributed by atoms with Crippen LogP contribution in [0, 0.1) is 5.82 Å². The number of hydrogen-bond acceptors (Lipinski definition) is 6. The van der Waals surface area contributed by atoms with Crippen molar-refractivity contribution >= 4 is 17.1 Å². The van der Waals surface area contributed by atoms with E-state index in [0.717, 1.165) is 17.6 Å². The van der Waals surface area contributed by atoms with E-state index in [0.29, 0.717) is 37.6 Å². The van der Waals surface area contributed by atoms with Crippen molar-refractivity contribution in [2.75, 3.05) is 19.6 Å². The summed E-state index contributed by atoms with van der Waals surface area (Å²) in [4.78, 5) is 23.4. The Kier molecular flexibility index (Phi) is 5.39. The Morgan fingerprint density at radius 3 is 3.00 bits per heavy atom. The monoisotopic (exact) mass is 398 g/mol. The minimum absolute atomic E-state index is 0.0681. The zero-order valence-electron chi connectivity index (χ0n) is 16.2. The third-order valence-electron chi connectivity index (χ3n) is 5.08. The van der Waals surface area contributed by atoms with Crippen LogP contribution in [0.3, 0.4) is 0 Å². The fourth-order valence-electron chi connectivity index (χ4n) is 3.71. The van der Waals surface area contributed by atoms with Crippen LogP contribution in [0.1, 0.15) is 25.0 Å². The number of carbonyl (C=O) groups excluding carboxylic acids is 1. The molecule has 1 aromatic carbocycles. The molecule has 1 amide bonds. The normalized spacial score (nSPS) is 17.6. The minimum Gasteiger partial charge on any atom is -0.481 e. The summed E-state index contributed by atoms with van der Waals surface area (Å²) in [6.45, 7) is 3.82. The highest BCUT2D eigenvalue weighted by atomic mass is 19.1. The standard InChI is InChI=1S/C20H23FN6O2/c1-13(29-16-4-2-3-15(21)11-16)20(28)26-9-5-14(12-26)17-18-19(24-8-7-23-18)27(25-17)10-6-22/h2-4,7-8,11,13-14H,5-6,9-10,12,22H2,1H3/t13-,14+/m0/s1. The summed E-state index contributed by atoms with van der Waals surface area (Å²) in [5.74, 6) is -0.125. The van der Waals surface area contributed by atoms with Gasteiger partial charge in [-0.05, 0) is 25.5 Å². The molecule has 4 rings (SSSR count). The SMILES string of the molecule is C[C@H](Oc1cccc(F)c1)C(=O)N1CC[C@@H](c2nn(CCN)c3nccnc23)C1. The molecule has 3 aromatic rings. The van der Waals surface area contributed by atoms with Crippen molar-refractivity contribution < 1.29 is 13.9 Å². The first kappa shape index (κ1) is 19.3. The zero-order chi connectivity index (χ0) is 20.4. The molecule has 0 bridgehead atoms. The van der Waals surface area contributed by atoms with Gasteiger partial charge in [-0.3, -0.25) is 4.79 Å². The lowest BCUT2D eigenvalue weighted by molar-refractivity contribution is -0.136. The van der Waals surface area contributed by atoms with Crippen LogP contribution in [0.15, 0.2) is 36.7 Å². The summed E-state index contributed by atoms with van der Waals surface area (Å²) >= 11 is 0. The molecule has 152 valence electrons. The largest absolute Gasteiger partial charge is 0.481 e. The second-order valence-electron chi connectivity index (χ2n) is 7.11. The van der Waals surface area contributed by atoms with Gasteiger partial charge in [0.15, 0.2) is 11.8 Å². The number of halogens is 1. The van der Waals surface area contributed by atoms with E-state index in [1.807, 2.05) is 0 Å². The molecule has 0 radical (unpaired) electrons. The third-order valence-corrected chi connectivity index (χ3v) is 5.08. The Morgan fingerprint density at radius 2 is 2.21 bits per heavy atom. The number of likely N-dealkylation sites (tertiary alicyclic amines) is 1. The van der Waals surface area contributed by atoms with Crippen LogP contribution in [0.5, 0.6) is 5.75 Å². The highest BCUT2D eigenvalue weighted by molar-refractivity contribution is 5.81. The number of ether oxygens (including phenoxy) is 1. The number of benzene rings is 1. The number of nitrogens with zero attached hydrogens (tertiary/aromatic N) is 5. The molecule has 29 heavy (non-hydrogen) atoms. The first-order valence-electron chi connectivity index (χ1n) is 9.65. The number of amides is 1. The molecule has 3 heterocycles. The molecule has 1 saturated heterocycles. The van der Waals surface area contributed by atoms with Crippen molar-refractivity contribution in [3.63, 3.8) is 0 Å². The lowest BCUT2D eigenvalue weighted by Gasteiger charge is -2.21. The van der Waals surface area contributed by atoms with E-state index in [1.54, 1.807) is 41.0 Å². The Hall–Kier alpha value is -3.07. The van der Waals surface area contributed by atoms with Crippen LogP contribution < -0.4 is 10.5 Å². The van der Waals surface area contributed by atoms with Crippen molar-refractivity contribution in [3.05, 3.63) is 48.2 Å². The molecule has 2 aromatic heterocycles. The predicted octanol–water partition coefficient (Wildman–Crippen LogP) is 1.71. The molecule has 8 nitrogen and oxygen atoms in total. The predicted molar refractivity (Wildman–Crippen MR) is 105 cm³/mol. The molecule has 1 aliphatic rings. The molecule has 0 saturated carbocycles. The number of carbonyl (C=O) groups is 1. The van der Waals surface area contributed by atoms with Gasteiger partial charge in [0, 0.05) is 44.0 Å². The zero-order valence-corrected chi connectivity index (χ0v) is 16.2. The number of aromatic nitrogens is 4. The van der Waals surface area contributed by atoms with Gasteiger partial charge in [0.2, 0.25) is 0 Å². The van der Waals surface area contributed by atoms with Gasteiger partial charge in [0.1, 0.15) is 17.1 Å². The van der Waals surface area contributed by atoms with Crippen LogP contribution in [0.2, 0.25) is 0 Å². The van der Waals surface area contributed by atoms with E-state index >= 15 is 0 Å². The van der Waals surface area contributed by atoms with Crippen molar-refractivity contribution in [1.29, 1.82) is 0 Å². The lowest BCUT2D eigenvalue weighted by Crippen LogP contribution is -2.39. The van der Waals surface area contributed by atoms with E-state index in [-0.39, 0.29) is 11.8 Å². The van der Waals surface area contributed by atoms with Crippen LogP contribution >= 0.6 is 0 Å². The topological polar surface area (TPSA) is 99.2 Å². The average Bonchev–Trinajstić information content (AvgIpc) is 3.33. The number of nitrogens with two attached hydrogens (primary N) is 1. The molecule has 0 aliphatic carbocycles. The molecule has 1 aliphatic heterocycles. The maximum absolute atomic E-state index is 13.3. The maximum Gasteiger partial charge on any atom is 0.263 e. The summed E-state index contributed by atoms with van der Waals surface area (Å²) in [6.07, 6.45) is 3.36. The summed E-state index contributed by atoms with van der Waals surface area (Å²) in [6, 6.07) is 5.79. The van der Waals surface area contributed by atoms with E-state index in [4.69, 9.17) is 10.5 Å². The number of hydrogen-bond donors (Lipinski definition) is 1. The minimum atomic E-state index is -0.707. The maximum atomic E-state index is 13.3. The Labute approximate surface area is 167 Å². The van der Waals surface area contributed by atoms with E-state index < -0.39 is 11.9 Å². The second-order valence-corrected chi connectivity index (χ2v) is 7.11. The fourth-order valence-corrected chi connectivity index (χ4v) is 3.71. The van der Waals surface area contributed by atoms with Crippen LogP contribution in [-0.2, 0) is 11.3 Å². The highest BCUT2D eigenvalue weighted by Gasteiger charge is 2.33. The Morgan fingerprint density at radius 1 is 1.38 bits per heavy atom. The number of fused-ring (bicyclic) bond motifs is 1. The number of rotatable bonds is 6. The Balaban J connectivity index is 1.47. The van der Waals surface area contributed by atoms with E-state index in [1.165, 1.54) is 12.1 Å². The van der Waals surface area contributed by atoms with Crippen LogP contribution in [0.25, 0.3) is 11.2 Å². The summed E-state index contributed by atoms with van der Waals surface area (Å²) in [7, 11) is 0. The summed E-state index contributed by atoms with van der Waals surface area (Å²) in [5.41, 5.74) is 7.99. The fraction of sp³-hybridized carbons (Fsp3) is 0.400. The summed E-state index contributed by atoms with van der Waals surface area (Å²) in [5, 5.41) is 4.68. The van der Waals surface area contributed by atoms with Crippen molar-refractivity contribution in [2.45, 2.75) is 31.9 Å².